The molecule has 1 aromatic rings. The Balaban J connectivity index is 1.87. The molecule has 1 aliphatic rings. The number of likely N-dealkylation sites (tertiary alicyclic amines) is 1. The zero-order chi connectivity index (χ0) is 15.2. The van der Waals surface area contributed by atoms with E-state index in [4.69, 9.17) is 4.52 Å². The van der Waals surface area contributed by atoms with Crippen LogP contribution < -0.4 is 5.32 Å². The average Bonchev–Trinajstić information content (AvgIpc) is 2.95. The van der Waals surface area contributed by atoms with Crippen LogP contribution in [0.3, 0.4) is 0 Å². The van der Waals surface area contributed by atoms with Crippen molar-refractivity contribution in [1.29, 1.82) is 0 Å². The van der Waals surface area contributed by atoms with Crippen LogP contribution in [0.5, 0.6) is 0 Å². The van der Waals surface area contributed by atoms with Gasteiger partial charge in [-0.3, -0.25) is 9.69 Å². The molecule has 6 nitrogen and oxygen atoms in total. The SMILES string of the molecule is CCC(CC)NC(=O)c1cc(CN2CCC(O)CC2)on1. The van der Waals surface area contributed by atoms with Gasteiger partial charge in [0.25, 0.3) is 5.91 Å². The second-order valence-corrected chi connectivity index (χ2v) is 5.67. The number of carbonyl (C=O) groups is 1. The first-order chi connectivity index (χ1) is 10.1. The number of rotatable bonds is 6. The van der Waals surface area contributed by atoms with Gasteiger partial charge in [-0.25, -0.2) is 0 Å². The number of carbonyl (C=O) groups excluding carboxylic acids is 1. The van der Waals surface area contributed by atoms with E-state index in [9.17, 15) is 9.90 Å². The highest BCUT2D eigenvalue weighted by Crippen LogP contribution is 2.14. The van der Waals surface area contributed by atoms with Gasteiger partial charge in [0.2, 0.25) is 0 Å². The van der Waals surface area contributed by atoms with Crippen molar-refractivity contribution >= 4 is 5.91 Å². The molecule has 118 valence electrons. The zero-order valence-corrected chi connectivity index (χ0v) is 12.8. The third-order valence-electron chi connectivity index (χ3n) is 4.05. The van der Waals surface area contributed by atoms with Gasteiger partial charge in [0.15, 0.2) is 11.5 Å². The van der Waals surface area contributed by atoms with Gasteiger partial charge >= 0.3 is 0 Å². The Morgan fingerprint density at radius 1 is 1.48 bits per heavy atom. The van der Waals surface area contributed by atoms with E-state index in [1.807, 2.05) is 13.8 Å². The summed E-state index contributed by atoms with van der Waals surface area (Å²) in [6.07, 6.45) is 3.20. The summed E-state index contributed by atoms with van der Waals surface area (Å²) in [6, 6.07) is 1.89. The van der Waals surface area contributed by atoms with E-state index in [-0.39, 0.29) is 18.1 Å². The number of hydrogen-bond acceptors (Lipinski definition) is 5. The van der Waals surface area contributed by atoms with E-state index in [0.717, 1.165) is 38.8 Å². The summed E-state index contributed by atoms with van der Waals surface area (Å²) in [5.74, 6) is 0.522. The lowest BCUT2D eigenvalue weighted by atomic mass is 10.1. The van der Waals surface area contributed by atoms with E-state index in [1.165, 1.54) is 0 Å². The quantitative estimate of drug-likeness (QED) is 0.832. The molecule has 0 aliphatic carbocycles. The molecule has 21 heavy (non-hydrogen) atoms. The topological polar surface area (TPSA) is 78.6 Å². The Labute approximate surface area is 125 Å². The molecule has 0 spiro atoms. The summed E-state index contributed by atoms with van der Waals surface area (Å²) < 4.78 is 5.25. The van der Waals surface area contributed by atoms with Gasteiger partial charge in [-0.15, -0.1) is 0 Å². The van der Waals surface area contributed by atoms with E-state index in [1.54, 1.807) is 6.07 Å². The molecule has 0 atom stereocenters. The van der Waals surface area contributed by atoms with Crippen molar-refractivity contribution < 1.29 is 14.4 Å². The second kappa shape index (κ2) is 7.56. The zero-order valence-electron chi connectivity index (χ0n) is 12.8. The Morgan fingerprint density at radius 2 is 2.14 bits per heavy atom. The maximum atomic E-state index is 12.0. The van der Waals surface area contributed by atoms with Crippen molar-refractivity contribution in [3.05, 3.63) is 17.5 Å². The third kappa shape index (κ3) is 4.54. The standard InChI is InChI=1S/C15H25N3O3/c1-3-11(4-2)16-15(20)14-9-13(21-17-14)10-18-7-5-12(19)6-8-18/h9,11-12,19H,3-8,10H2,1-2H3,(H,16,20). The Morgan fingerprint density at radius 3 is 2.76 bits per heavy atom. The number of hydrogen-bond donors (Lipinski definition) is 2. The van der Waals surface area contributed by atoms with E-state index >= 15 is 0 Å². The van der Waals surface area contributed by atoms with E-state index in [0.29, 0.717) is 18.0 Å². The van der Waals surface area contributed by atoms with Crippen LogP contribution >= 0.6 is 0 Å². The number of aromatic nitrogens is 1. The first-order valence-corrected chi connectivity index (χ1v) is 7.79. The molecule has 2 heterocycles. The minimum atomic E-state index is -0.183. The molecule has 1 aromatic heterocycles. The predicted molar refractivity (Wildman–Crippen MR) is 78.9 cm³/mol. The third-order valence-corrected chi connectivity index (χ3v) is 4.05. The van der Waals surface area contributed by atoms with Crippen LogP contribution in [0.15, 0.2) is 10.6 Å². The van der Waals surface area contributed by atoms with Crippen LogP contribution in [0.25, 0.3) is 0 Å². The van der Waals surface area contributed by atoms with E-state index < -0.39 is 0 Å². The monoisotopic (exact) mass is 295 g/mol. The summed E-state index contributed by atoms with van der Waals surface area (Å²) in [6.45, 7) is 6.42. The Kier molecular flexibility index (Phi) is 5.76. The van der Waals surface area contributed by atoms with Gasteiger partial charge in [-0.05, 0) is 25.7 Å². The normalized spacial score (nSPS) is 17.3. The summed E-state index contributed by atoms with van der Waals surface area (Å²) in [5, 5.41) is 16.3. The highest BCUT2D eigenvalue weighted by molar-refractivity contribution is 5.92. The number of nitrogens with zero attached hydrogens (tertiary/aromatic N) is 2. The highest BCUT2D eigenvalue weighted by atomic mass is 16.5. The van der Waals surface area contributed by atoms with Crippen LogP contribution in [0.1, 0.15) is 55.8 Å². The lowest BCUT2D eigenvalue weighted by Crippen LogP contribution is -2.35. The summed E-state index contributed by atoms with van der Waals surface area (Å²) in [4.78, 5) is 14.2. The van der Waals surface area contributed by atoms with Gasteiger partial charge in [-0.2, -0.15) is 0 Å². The lowest BCUT2D eigenvalue weighted by Gasteiger charge is -2.28. The van der Waals surface area contributed by atoms with Crippen LogP contribution in [0.2, 0.25) is 0 Å². The minimum Gasteiger partial charge on any atom is -0.393 e. The molecule has 2 N–H and O–H groups in total. The largest absolute Gasteiger partial charge is 0.393 e. The molecule has 1 fully saturated rings. The van der Waals surface area contributed by atoms with Crippen molar-refractivity contribution in [2.75, 3.05) is 13.1 Å². The fourth-order valence-corrected chi connectivity index (χ4v) is 2.54. The molecule has 0 aromatic carbocycles. The molecule has 6 heteroatoms. The van der Waals surface area contributed by atoms with E-state index in [2.05, 4.69) is 15.4 Å². The van der Waals surface area contributed by atoms with Crippen molar-refractivity contribution in [1.82, 2.24) is 15.4 Å². The first kappa shape index (κ1) is 16.0. The Bertz CT molecular complexity index is 449. The molecule has 0 saturated carbocycles. The second-order valence-electron chi connectivity index (χ2n) is 5.67. The first-order valence-electron chi connectivity index (χ1n) is 7.79. The van der Waals surface area contributed by atoms with Crippen LogP contribution in [-0.4, -0.2) is 46.3 Å². The van der Waals surface area contributed by atoms with Gasteiger partial charge < -0.3 is 14.9 Å². The number of amides is 1. The smallest absolute Gasteiger partial charge is 0.273 e. The molecule has 1 amide bonds. The Hall–Kier alpha value is -1.40. The van der Waals surface area contributed by atoms with Crippen molar-refractivity contribution in [3.8, 4) is 0 Å². The molecule has 0 radical (unpaired) electrons. The molecule has 1 saturated heterocycles. The highest BCUT2D eigenvalue weighted by Gasteiger charge is 2.20. The van der Waals surface area contributed by atoms with Gasteiger partial charge in [0.1, 0.15) is 0 Å². The number of aliphatic hydroxyl groups is 1. The molecular formula is C15H25N3O3. The fourth-order valence-electron chi connectivity index (χ4n) is 2.54. The minimum absolute atomic E-state index is 0.173. The van der Waals surface area contributed by atoms with Crippen LogP contribution in [0.4, 0.5) is 0 Å². The molecule has 2 rings (SSSR count). The van der Waals surface area contributed by atoms with Gasteiger partial charge in [-0.1, -0.05) is 19.0 Å². The maximum Gasteiger partial charge on any atom is 0.273 e. The number of aliphatic hydroxyl groups excluding tert-OH is 1. The molecule has 0 bridgehead atoms. The summed E-state index contributed by atoms with van der Waals surface area (Å²) >= 11 is 0. The fraction of sp³-hybridized carbons (Fsp3) is 0.733. The number of nitrogens with one attached hydrogen (secondary N) is 1. The predicted octanol–water partition coefficient (Wildman–Crippen LogP) is 1.55. The van der Waals surface area contributed by atoms with Crippen molar-refractivity contribution in [2.24, 2.45) is 0 Å². The summed E-state index contributed by atoms with van der Waals surface area (Å²) in [7, 11) is 0. The van der Waals surface area contributed by atoms with Crippen molar-refractivity contribution in [2.45, 2.75) is 58.2 Å². The van der Waals surface area contributed by atoms with Crippen LogP contribution in [0, 0.1) is 0 Å². The molecule has 1 aliphatic heterocycles. The average molecular weight is 295 g/mol. The van der Waals surface area contributed by atoms with Crippen LogP contribution in [-0.2, 0) is 6.54 Å². The number of piperidine rings is 1. The van der Waals surface area contributed by atoms with Gasteiger partial charge in [0.05, 0.1) is 12.6 Å². The van der Waals surface area contributed by atoms with Gasteiger partial charge in [0, 0.05) is 25.2 Å². The van der Waals surface area contributed by atoms with Crippen molar-refractivity contribution in [3.63, 3.8) is 0 Å². The molecule has 0 unspecified atom stereocenters. The molecular weight excluding hydrogens is 270 g/mol. The maximum absolute atomic E-state index is 12.0. The lowest BCUT2D eigenvalue weighted by molar-refractivity contribution is 0.0748. The summed E-state index contributed by atoms with van der Waals surface area (Å²) in [5.41, 5.74) is 0.342.